The third kappa shape index (κ3) is 2.77. The predicted molar refractivity (Wildman–Crippen MR) is 76.8 cm³/mol. The van der Waals surface area contributed by atoms with Crippen molar-refractivity contribution in [2.24, 2.45) is 0 Å². The van der Waals surface area contributed by atoms with E-state index in [9.17, 15) is 9.18 Å². The van der Waals surface area contributed by atoms with Gasteiger partial charge in [0.05, 0.1) is 0 Å². The van der Waals surface area contributed by atoms with Crippen LogP contribution in [-0.2, 0) is 21.6 Å². The molecule has 1 aliphatic carbocycles. The van der Waals surface area contributed by atoms with Crippen molar-refractivity contribution in [3.8, 4) is 0 Å². The lowest BCUT2D eigenvalue weighted by Gasteiger charge is -2.38. The molecule has 1 aliphatic rings. The van der Waals surface area contributed by atoms with Gasteiger partial charge in [0, 0.05) is 11.1 Å². The first kappa shape index (κ1) is 14.8. The molecule has 0 aromatic heterocycles. The van der Waals surface area contributed by atoms with Crippen LogP contribution < -0.4 is 0 Å². The fourth-order valence-corrected chi connectivity index (χ4v) is 2.97. The molecule has 2 nitrogen and oxygen atoms in total. The fourth-order valence-electron chi connectivity index (χ4n) is 2.97. The number of rotatable bonds is 4. The molecule has 0 amide bonds. The first-order chi connectivity index (χ1) is 9.48. The molecule has 1 aromatic carbocycles. The second-order valence-corrected chi connectivity index (χ2v) is 5.57. The molecule has 1 atom stereocenters. The summed E-state index contributed by atoms with van der Waals surface area (Å²) in [5.41, 5.74) is 1.60. The molecule has 0 fully saturated rings. The summed E-state index contributed by atoms with van der Waals surface area (Å²) < 4.78 is 19.4. The van der Waals surface area contributed by atoms with E-state index in [1.54, 1.807) is 6.92 Å². The molecule has 108 valence electrons. The van der Waals surface area contributed by atoms with Gasteiger partial charge in [0.15, 0.2) is 0 Å². The Bertz CT molecular complexity index is 536. The molecule has 20 heavy (non-hydrogen) atoms. The van der Waals surface area contributed by atoms with Crippen LogP contribution in [0.3, 0.4) is 0 Å². The highest BCUT2D eigenvalue weighted by Crippen LogP contribution is 2.42. The van der Waals surface area contributed by atoms with E-state index in [4.69, 9.17) is 4.74 Å². The number of benzene rings is 1. The minimum Gasteiger partial charge on any atom is -0.451 e. The number of ether oxygens (including phenoxy) is 1. The van der Waals surface area contributed by atoms with Crippen molar-refractivity contribution in [2.75, 3.05) is 0 Å². The molecular formula is C17H21FO2. The van der Waals surface area contributed by atoms with Crippen LogP contribution in [0.25, 0.3) is 0 Å². The highest BCUT2D eigenvalue weighted by Gasteiger charge is 2.39. The first-order valence-corrected chi connectivity index (χ1v) is 7.16. The summed E-state index contributed by atoms with van der Waals surface area (Å²) >= 11 is 0. The summed E-state index contributed by atoms with van der Waals surface area (Å²) in [5, 5.41) is 0. The summed E-state index contributed by atoms with van der Waals surface area (Å²) in [7, 11) is 0. The number of fused-ring (bicyclic) bond motifs is 1. The van der Waals surface area contributed by atoms with E-state index in [2.05, 4.69) is 6.58 Å². The van der Waals surface area contributed by atoms with E-state index >= 15 is 0 Å². The van der Waals surface area contributed by atoms with Crippen LogP contribution in [0.4, 0.5) is 4.39 Å². The van der Waals surface area contributed by atoms with Gasteiger partial charge >= 0.3 is 5.97 Å². The van der Waals surface area contributed by atoms with Gasteiger partial charge in [-0.25, -0.2) is 9.18 Å². The second kappa shape index (κ2) is 5.78. The average molecular weight is 276 g/mol. The highest BCUT2D eigenvalue weighted by atomic mass is 19.1. The van der Waals surface area contributed by atoms with Gasteiger partial charge in [0.2, 0.25) is 0 Å². The van der Waals surface area contributed by atoms with Crippen LogP contribution in [0, 0.1) is 5.82 Å². The summed E-state index contributed by atoms with van der Waals surface area (Å²) in [6, 6.07) is 4.81. The first-order valence-electron chi connectivity index (χ1n) is 7.16. The maximum Gasteiger partial charge on any atom is 0.333 e. The molecule has 1 unspecified atom stereocenters. The smallest absolute Gasteiger partial charge is 0.333 e. The average Bonchev–Trinajstić information content (AvgIpc) is 2.40. The van der Waals surface area contributed by atoms with Crippen molar-refractivity contribution in [1.82, 2.24) is 0 Å². The van der Waals surface area contributed by atoms with Crippen molar-refractivity contribution in [1.29, 1.82) is 0 Å². The van der Waals surface area contributed by atoms with E-state index in [-0.39, 0.29) is 5.82 Å². The van der Waals surface area contributed by atoms with Crippen LogP contribution in [0.15, 0.2) is 30.4 Å². The lowest BCUT2D eigenvalue weighted by atomic mass is 9.76. The van der Waals surface area contributed by atoms with Crippen LogP contribution in [0.5, 0.6) is 0 Å². The van der Waals surface area contributed by atoms with Gasteiger partial charge in [-0.1, -0.05) is 26.0 Å². The largest absolute Gasteiger partial charge is 0.451 e. The van der Waals surface area contributed by atoms with Crippen molar-refractivity contribution in [2.45, 2.75) is 51.6 Å². The van der Waals surface area contributed by atoms with Gasteiger partial charge in [-0.3, -0.25) is 0 Å². The van der Waals surface area contributed by atoms with Gasteiger partial charge in [0.1, 0.15) is 11.4 Å². The zero-order valence-corrected chi connectivity index (χ0v) is 12.2. The van der Waals surface area contributed by atoms with Crippen LogP contribution in [0.1, 0.15) is 50.7 Å². The Morgan fingerprint density at radius 1 is 1.50 bits per heavy atom. The predicted octanol–water partition coefficient (Wildman–Crippen LogP) is 4.28. The van der Waals surface area contributed by atoms with E-state index in [1.807, 2.05) is 13.0 Å². The summed E-state index contributed by atoms with van der Waals surface area (Å²) in [6.45, 7) is 7.32. The minimum absolute atomic E-state index is 0.280. The van der Waals surface area contributed by atoms with Crippen molar-refractivity contribution < 1.29 is 13.9 Å². The van der Waals surface area contributed by atoms with E-state index < -0.39 is 11.6 Å². The molecule has 1 aromatic rings. The lowest BCUT2D eigenvalue weighted by Crippen LogP contribution is -2.36. The summed E-state index contributed by atoms with van der Waals surface area (Å²) in [4.78, 5) is 12.0. The number of hydrogen-bond donors (Lipinski definition) is 0. The standard InChI is InChI=1S/C17H21FO2/c1-4-9-17(20-16(19)12(2)3)10-5-6-13-7-8-14(18)11-15(13)17/h7-8,11H,2,4-6,9-10H2,1,3H3. The third-order valence-corrected chi connectivity index (χ3v) is 3.88. The Morgan fingerprint density at radius 3 is 2.90 bits per heavy atom. The number of carbonyl (C=O) groups excluding carboxylic acids is 1. The maximum atomic E-state index is 13.6. The van der Waals surface area contributed by atoms with Crippen LogP contribution >= 0.6 is 0 Å². The molecule has 0 heterocycles. The van der Waals surface area contributed by atoms with E-state index in [0.29, 0.717) is 12.0 Å². The number of hydrogen-bond acceptors (Lipinski definition) is 2. The van der Waals surface area contributed by atoms with Gasteiger partial charge in [-0.05, 0) is 50.3 Å². The number of esters is 1. The zero-order valence-electron chi connectivity index (χ0n) is 12.2. The molecule has 0 saturated heterocycles. The Labute approximate surface area is 119 Å². The van der Waals surface area contributed by atoms with Gasteiger partial charge in [-0.2, -0.15) is 0 Å². The van der Waals surface area contributed by atoms with Gasteiger partial charge in [0.25, 0.3) is 0 Å². The third-order valence-electron chi connectivity index (χ3n) is 3.88. The minimum atomic E-state index is -0.694. The number of carbonyl (C=O) groups is 1. The topological polar surface area (TPSA) is 26.3 Å². The van der Waals surface area contributed by atoms with Crippen LogP contribution in [0.2, 0.25) is 0 Å². The molecular weight excluding hydrogens is 255 g/mol. The Hall–Kier alpha value is -1.64. The SMILES string of the molecule is C=C(C)C(=O)OC1(CCC)CCCc2ccc(F)cc21. The molecule has 0 aliphatic heterocycles. The highest BCUT2D eigenvalue weighted by molar-refractivity contribution is 5.87. The van der Waals surface area contributed by atoms with E-state index in [1.165, 1.54) is 12.1 Å². The van der Waals surface area contributed by atoms with Gasteiger partial charge in [-0.15, -0.1) is 0 Å². The van der Waals surface area contributed by atoms with E-state index in [0.717, 1.165) is 36.8 Å². The van der Waals surface area contributed by atoms with Crippen molar-refractivity contribution in [3.63, 3.8) is 0 Å². The molecule has 2 rings (SSSR count). The van der Waals surface area contributed by atoms with Gasteiger partial charge < -0.3 is 4.74 Å². The fraction of sp³-hybridized carbons (Fsp3) is 0.471. The Balaban J connectivity index is 2.46. The molecule has 3 heteroatoms. The summed E-state index contributed by atoms with van der Waals surface area (Å²) in [5.74, 6) is -0.673. The Kier molecular flexibility index (Phi) is 4.26. The molecule has 0 radical (unpaired) electrons. The monoisotopic (exact) mass is 276 g/mol. The van der Waals surface area contributed by atoms with Crippen molar-refractivity contribution >= 4 is 5.97 Å². The number of halogens is 1. The molecule has 0 saturated carbocycles. The molecule has 0 bridgehead atoms. The molecule has 0 spiro atoms. The lowest BCUT2D eigenvalue weighted by molar-refractivity contribution is -0.159. The number of aryl methyl sites for hydroxylation is 1. The van der Waals surface area contributed by atoms with Crippen LogP contribution in [-0.4, -0.2) is 5.97 Å². The normalized spacial score (nSPS) is 21.1. The quantitative estimate of drug-likeness (QED) is 0.606. The second-order valence-electron chi connectivity index (χ2n) is 5.57. The maximum absolute atomic E-state index is 13.6. The summed E-state index contributed by atoms with van der Waals surface area (Å²) in [6.07, 6.45) is 4.19. The zero-order chi connectivity index (χ0) is 14.8. The molecule has 0 N–H and O–H groups in total. The Morgan fingerprint density at radius 2 is 2.25 bits per heavy atom. The van der Waals surface area contributed by atoms with Crippen molar-refractivity contribution in [3.05, 3.63) is 47.3 Å².